The van der Waals surface area contributed by atoms with Gasteiger partial charge < -0.3 is 15.7 Å². The number of nitro benzene ring substituents is 1. The summed E-state index contributed by atoms with van der Waals surface area (Å²) in [6.45, 7) is 0. The van der Waals surface area contributed by atoms with E-state index in [2.05, 4.69) is 26.1 Å². The van der Waals surface area contributed by atoms with Gasteiger partial charge in [0.1, 0.15) is 21.7 Å². The van der Waals surface area contributed by atoms with Crippen molar-refractivity contribution in [1.29, 1.82) is 0 Å². The fourth-order valence-corrected chi connectivity index (χ4v) is 1.98. The summed E-state index contributed by atoms with van der Waals surface area (Å²) in [7, 11) is 0. The Kier molecular flexibility index (Phi) is 4.33. The van der Waals surface area contributed by atoms with E-state index >= 15 is 0 Å². The van der Waals surface area contributed by atoms with E-state index in [0.29, 0.717) is 5.75 Å². The molecule has 0 radical (unpaired) electrons. The summed E-state index contributed by atoms with van der Waals surface area (Å²) in [5.41, 5.74) is 5.57. The van der Waals surface area contributed by atoms with Crippen molar-refractivity contribution in [1.82, 2.24) is 4.98 Å². The van der Waals surface area contributed by atoms with Gasteiger partial charge in [-0.05, 0) is 34.1 Å². The number of nitro groups is 1. The third-order valence-corrected chi connectivity index (χ3v) is 3.27. The molecule has 9 heteroatoms. The lowest BCUT2D eigenvalue weighted by Gasteiger charge is -2.07. The SMILES string of the molecule is N/C(=N/O)c1ccc(Oc2cccc([N+](=O)[O-])c2Br)cn1. The summed E-state index contributed by atoms with van der Waals surface area (Å²) < 4.78 is 5.74. The maximum Gasteiger partial charge on any atom is 0.287 e. The van der Waals surface area contributed by atoms with Gasteiger partial charge in [0.2, 0.25) is 0 Å². The normalized spacial score (nSPS) is 11.2. The van der Waals surface area contributed by atoms with E-state index in [1.165, 1.54) is 24.4 Å². The lowest BCUT2D eigenvalue weighted by Crippen LogP contribution is -2.14. The molecule has 21 heavy (non-hydrogen) atoms. The van der Waals surface area contributed by atoms with Crippen LogP contribution in [0.5, 0.6) is 11.5 Å². The molecule has 0 amide bonds. The average molecular weight is 353 g/mol. The van der Waals surface area contributed by atoms with Crippen LogP contribution in [0.1, 0.15) is 5.69 Å². The van der Waals surface area contributed by atoms with Crippen LogP contribution in [0.3, 0.4) is 0 Å². The summed E-state index contributed by atoms with van der Waals surface area (Å²) >= 11 is 3.13. The Labute approximate surface area is 127 Å². The molecule has 1 heterocycles. The van der Waals surface area contributed by atoms with Gasteiger partial charge in [-0.15, -0.1) is 0 Å². The Bertz CT molecular complexity index is 703. The standard InChI is InChI=1S/C12H9BrN4O4/c13-11-9(17(19)20)2-1-3-10(11)21-7-4-5-8(15-6-7)12(14)16-18/h1-6,18H,(H2,14,16). The van der Waals surface area contributed by atoms with Crippen LogP contribution in [-0.4, -0.2) is 21.0 Å². The fourth-order valence-electron chi connectivity index (χ4n) is 1.49. The van der Waals surface area contributed by atoms with E-state index in [0.717, 1.165) is 0 Å². The molecule has 2 aromatic rings. The largest absolute Gasteiger partial charge is 0.454 e. The highest BCUT2D eigenvalue weighted by Crippen LogP contribution is 2.36. The molecule has 0 spiro atoms. The number of ether oxygens (including phenoxy) is 1. The maximum atomic E-state index is 10.8. The number of hydrogen-bond donors (Lipinski definition) is 2. The number of hydrogen-bond acceptors (Lipinski definition) is 6. The van der Waals surface area contributed by atoms with Crippen molar-refractivity contribution in [3.63, 3.8) is 0 Å². The number of oxime groups is 1. The molecular formula is C12H9BrN4O4. The minimum absolute atomic E-state index is 0.103. The lowest BCUT2D eigenvalue weighted by molar-refractivity contribution is -0.385. The molecule has 0 saturated heterocycles. The van der Waals surface area contributed by atoms with Gasteiger partial charge in [0.25, 0.3) is 5.69 Å². The molecule has 1 aromatic carbocycles. The van der Waals surface area contributed by atoms with Crippen LogP contribution in [0.15, 0.2) is 46.2 Å². The highest BCUT2D eigenvalue weighted by atomic mass is 79.9. The van der Waals surface area contributed by atoms with Crippen LogP contribution in [-0.2, 0) is 0 Å². The molecule has 8 nitrogen and oxygen atoms in total. The highest BCUT2D eigenvalue weighted by Gasteiger charge is 2.16. The van der Waals surface area contributed by atoms with Crippen LogP contribution in [0, 0.1) is 10.1 Å². The molecule has 0 bridgehead atoms. The van der Waals surface area contributed by atoms with Crippen LogP contribution in [0.2, 0.25) is 0 Å². The maximum absolute atomic E-state index is 10.8. The summed E-state index contributed by atoms with van der Waals surface area (Å²) in [5, 5.41) is 22.2. The van der Waals surface area contributed by atoms with Gasteiger partial charge in [0, 0.05) is 6.07 Å². The van der Waals surface area contributed by atoms with Crippen molar-refractivity contribution >= 4 is 27.5 Å². The summed E-state index contributed by atoms with van der Waals surface area (Å²) in [6.07, 6.45) is 1.36. The van der Waals surface area contributed by atoms with Gasteiger partial charge in [0.15, 0.2) is 5.84 Å². The number of amidine groups is 1. The van der Waals surface area contributed by atoms with Crippen LogP contribution >= 0.6 is 15.9 Å². The molecule has 3 N–H and O–H groups in total. The monoisotopic (exact) mass is 352 g/mol. The van der Waals surface area contributed by atoms with Crippen molar-refractivity contribution < 1.29 is 14.9 Å². The number of rotatable bonds is 4. The Morgan fingerprint density at radius 3 is 2.76 bits per heavy atom. The van der Waals surface area contributed by atoms with Gasteiger partial charge in [-0.3, -0.25) is 10.1 Å². The van der Waals surface area contributed by atoms with E-state index < -0.39 is 4.92 Å². The second kappa shape index (κ2) is 6.18. The van der Waals surface area contributed by atoms with Gasteiger partial charge in [0.05, 0.1) is 11.1 Å². The zero-order valence-electron chi connectivity index (χ0n) is 10.4. The second-order valence-corrected chi connectivity index (χ2v) is 4.61. The van der Waals surface area contributed by atoms with Crippen LogP contribution in [0.4, 0.5) is 5.69 Å². The number of aromatic nitrogens is 1. The van der Waals surface area contributed by atoms with Crippen molar-refractivity contribution in [2.24, 2.45) is 10.9 Å². The first-order chi connectivity index (χ1) is 10.0. The molecule has 0 saturated carbocycles. The van der Waals surface area contributed by atoms with Crippen molar-refractivity contribution in [2.45, 2.75) is 0 Å². The molecule has 0 aliphatic rings. The first-order valence-electron chi connectivity index (χ1n) is 5.57. The minimum Gasteiger partial charge on any atom is -0.454 e. The van der Waals surface area contributed by atoms with E-state index in [1.54, 1.807) is 12.1 Å². The number of halogens is 1. The number of pyridine rings is 1. The predicted octanol–water partition coefficient (Wildman–Crippen LogP) is 2.64. The Hall–Kier alpha value is -2.68. The van der Waals surface area contributed by atoms with E-state index in [4.69, 9.17) is 15.7 Å². The average Bonchev–Trinajstić information content (AvgIpc) is 2.49. The number of benzene rings is 1. The summed E-state index contributed by atoms with van der Waals surface area (Å²) in [5.74, 6) is 0.506. The van der Waals surface area contributed by atoms with Crippen molar-refractivity contribution in [3.8, 4) is 11.5 Å². The molecular weight excluding hydrogens is 344 g/mol. The first kappa shape index (κ1) is 14.7. The van der Waals surface area contributed by atoms with E-state index in [-0.39, 0.29) is 27.4 Å². The quantitative estimate of drug-likeness (QED) is 0.286. The molecule has 1 aromatic heterocycles. The molecule has 0 aliphatic heterocycles. The molecule has 0 fully saturated rings. The molecule has 2 rings (SSSR count). The van der Waals surface area contributed by atoms with Crippen molar-refractivity contribution in [2.75, 3.05) is 0 Å². The van der Waals surface area contributed by atoms with Gasteiger partial charge in [-0.2, -0.15) is 0 Å². The third kappa shape index (κ3) is 3.26. The van der Waals surface area contributed by atoms with Gasteiger partial charge in [-0.1, -0.05) is 11.2 Å². The third-order valence-electron chi connectivity index (χ3n) is 2.47. The minimum atomic E-state index is -0.517. The molecule has 0 unspecified atom stereocenters. The summed E-state index contributed by atoms with van der Waals surface area (Å²) in [4.78, 5) is 14.3. The van der Waals surface area contributed by atoms with Crippen LogP contribution in [0.25, 0.3) is 0 Å². The summed E-state index contributed by atoms with van der Waals surface area (Å²) in [6, 6.07) is 7.49. The fraction of sp³-hybridized carbons (Fsp3) is 0. The molecule has 0 aliphatic carbocycles. The van der Waals surface area contributed by atoms with E-state index in [1.807, 2.05) is 0 Å². The Balaban J connectivity index is 2.27. The number of nitrogens with zero attached hydrogens (tertiary/aromatic N) is 3. The zero-order valence-corrected chi connectivity index (χ0v) is 12.0. The Morgan fingerprint density at radius 1 is 1.43 bits per heavy atom. The first-order valence-corrected chi connectivity index (χ1v) is 6.37. The predicted molar refractivity (Wildman–Crippen MR) is 77.6 cm³/mol. The van der Waals surface area contributed by atoms with Crippen LogP contribution < -0.4 is 10.5 Å². The van der Waals surface area contributed by atoms with E-state index in [9.17, 15) is 10.1 Å². The molecule has 108 valence electrons. The second-order valence-electron chi connectivity index (χ2n) is 3.81. The van der Waals surface area contributed by atoms with Gasteiger partial charge >= 0.3 is 0 Å². The Morgan fingerprint density at radius 2 is 2.19 bits per heavy atom. The van der Waals surface area contributed by atoms with Crippen molar-refractivity contribution in [3.05, 3.63) is 56.8 Å². The topological polar surface area (TPSA) is 124 Å². The highest BCUT2D eigenvalue weighted by molar-refractivity contribution is 9.10. The molecule has 0 atom stereocenters. The van der Waals surface area contributed by atoms with Gasteiger partial charge in [-0.25, -0.2) is 4.98 Å². The smallest absolute Gasteiger partial charge is 0.287 e. The zero-order chi connectivity index (χ0) is 15.4. The number of nitrogens with two attached hydrogens (primary N) is 1. The lowest BCUT2D eigenvalue weighted by atomic mass is 10.3.